The van der Waals surface area contributed by atoms with Crippen molar-refractivity contribution in [2.75, 3.05) is 18.0 Å². The predicted molar refractivity (Wildman–Crippen MR) is 97.8 cm³/mol. The predicted octanol–water partition coefficient (Wildman–Crippen LogP) is 1.11. The van der Waals surface area contributed by atoms with E-state index in [1.165, 1.54) is 10.7 Å². The van der Waals surface area contributed by atoms with Gasteiger partial charge in [-0.3, -0.25) is 14.4 Å². The van der Waals surface area contributed by atoms with Gasteiger partial charge >= 0.3 is 0 Å². The van der Waals surface area contributed by atoms with Crippen molar-refractivity contribution >= 4 is 17.5 Å². The highest BCUT2D eigenvalue weighted by molar-refractivity contribution is 6.00. The minimum absolute atomic E-state index is 0.0333. The van der Waals surface area contributed by atoms with Crippen LogP contribution in [0.1, 0.15) is 18.4 Å². The molecule has 0 aliphatic carbocycles. The van der Waals surface area contributed by atoms with Crippen molar-refractivity contribution in [3.8, 4) is 0 Å². The molecule has 1 aliphatic rings. The van der Waals surface area contributed by atoms with Crippen LogP contribution in [0.25, 0.3) is 0 Å². The molecular formula is C19H22N4O3. The van der Waals surface area contributed by atoms with Crippen molar-refractivity contribution in [2.45, 2.75) is 26.3 Å². The van der Waals surface area contributed by atoms with Crippen LogP contribution in [0.3, 0.4) is 0 Å². The second-order valence-corrected chi connectivity index (χ2v) is 6.47. The molecule has 1 aromatic carbocycles. The molecule has 1 aliphatic heterocycles. The van der Waals surface area contributed by atoms with Crippen LogP contribution in [0.2, 0.25) is 0 Å². The van der Waals surface area contributed by atoms with Gasteiger partial charge in [0, 0.05) is 44.0 Å². The number of carbonyl (C=O) groups is 2. The summed E-state index contributed by atoms with van der Waals surface area (Å²) in [6, 6.07) is 10.8. The van der Waals surface area contributed by atoms with Crippen molar-refractivity contribution in [1.29, 1.82) is 0 Å². The van der Waals surface area contributed by atoms with Gasteiger partial charge in [0.1, 0.15) is 0 Å². The number of hydrogen-bond donors (Lipinski definition) is 1. The van der Waals surface area contributed by atoms with Crippen molar-refractivity contribution in [2.24, 2.45) is 5.92 Å². The molecule has 1 aromatic heterocycles. The first kappa shape index (κ1) is 17.8. The fraction of sp³-hybridized carbons (Fsp3) is 0.368. The highest BCUT2D eigenvalue weighted by Crippen LogP contribution is 2.25. The van der Waals surface area contributed by atoms with Crippen molar-refractivity contribution in [3.63, 3.8) is 0 Å². The van der Waals surface area contributed by atoms with Gasteiger partial charge in [-0.2, -0.15) is 5.10 Å². The van der Waals surface area contributed by atoms with Gasteiger partial charge in [-0.05, 0) is 31.5 Å². The largest absolute Gasteiger partial charge is 0.356 e. The van der Waals surface area contributed by atoms with E-state index in [1.807, 2.05) is 31.2 Å². The Morgan fingerprint density at radius 1 is 1.23 bits per heavy atom. The van der Waals surface area contributed by atoms with E-state index in [2.05, 4.69) is 10.4 Å². The van der Waals surface area contributed by atoms with Gasteiger partial charge in [-0.1, -0.05) is 17.7 Å². The second kappa shape index (κ2) is 7.95. The van der Waals surface area contributed by atoms with Crippen LogP contribution in [0, 0.1) is 12.8 Å². The van der Waals surface area contributed by atoms with E-state index in [4.69, 9.17) is 0 Å². The summed E-state index contributed by atoms with van der Waals surface area (Å²) >= 11 is 0. The minimum atomic E-state index is -0.346. The number of nitrogens with one attached hydrogen (secondary N) is 1. The van der Waals surface area contributed by atoms with E-state index >= 15 is 0 Å². The first-order valence-corrected chi connectivity index (χ1v) is 8.71. The summed E-state index contributed by atoms with van der Waals surface area (Å²) in [7, 11) is 0. The molecule has 7 heteroatoms. The summed E-state index contributed by atoms with van der Waals surface area (Å²) in [5.74, 6) is -0.503. The van der Waals surface area contributed by atoms with Crippen LogP contribution in [0.15, 0.2) is 47.4 Å². The molecular weight excluding hydrogens is 332 g/mol. The lowest BCUT2D eigenvalue weighted by molar-refractivity contribution is -0.126. The molecule has 26 heavy (non-hydrogen) atoms. The fourth-order valence-electron chi connectivity index (χ4n) is 3.00. The number of carbonyl (C=O) groups excluding carboxylic acids is 2. The van der Waals surface area contributed by atoms with Gasteiger partial charge in [0.25, 0.3) is 5.56 Å². The molecule has 7 nitrogen and oxygen atoms in total. The van der Waals surface area contributed by atoms with Crippen LogP contribution in [0.5, 0.6) is 0 Å². The molecule has 1 unspecified atom stereocenters. The quantitative estimate of drug-likeness (QED) is 0.788. The number of rotatable bonds is 6. The number of aromatic nitrogens is 2. The van der Waals surface area contributed by atoms with Crippen LogP contribution < -0.4 is 15.8 Å². The molecule has 2 aromatic rings. The average molecular weight is 354 g/mol. The van der Waals surface area contributed by atoms with Crippen LogP contribution in [-0.2, 0) is 16.1 Å². The minimum Gasteiger partial charge on any atom is -0.356 e. The van der Waals surface area contributed by atoms with Gasteiger partial charge < -0.3 is 10.2 Å². The number of amides is 2. The maximum Gasteiger partial charge on any atom is 0.266 e. The number of aryl methyl sites for hydroxylation is 2. The van der Waals surface area contributed by atoms with Crippen molar-refractivity contribution in [1.82, 2.24) is 15.1 Å². The topological polar surface area (TPSA) is 84.3 Å². The molecule has 136 valence electrons. The Morgan fingerprint density at radius 3 is 2.73 bits per heavy atom. The van der Waals surface area contributed by atoms with E-state index in [0.717, 1.165) is 11.3 Å². The Morgan fingerprint density at radius 2 is 2.00 bits per heavy atom. The van der Waals surface area contributed by atoms with E-state index in [0.29, 0.717) is 26.1 Å². The van der Waals surface area contributed by atoms with E-state index in [-0.39, 0.29) is 29.7 Å². The maximum absolute atomic E-state index is 12.3. The first-order valence-electron chi connectivity index (χ1n) is 8.71. The molecule has 1 fully saturated rings. The molecule has 2 heterocycles. The van der Waals surface area contributed by atoms with Gasteiger partial charge in [0.05, 0.1) is 5.92 Å². The smallest absolute Gasteiger partial charge is 0.266 e. The molecule has 0 saturated carbocycles. The van der Waals surface area contributed by atoms with Crippen LogP contribution in [0.4, 0.5) is 5.69 Å². The number of hydrogen-bond acceptors (Lipinski definition) is 4. The maximum atomic E-state index is 12.3. The molecule has 0 bridgehead atoms. The standard InChI is InChI=1S/C19H22N4O3/c1-14-5-7-16(8-6-14)22-13-15(12-18(22)25)19(26)20-9-3-11-23-17(24)4-2-10-21-23/h2,4-8,10,15H,3,9,11-13H2,1H3,(H,20,26). The van der Waals surface area contributed by atoms with Crippen molar-refractivity contribution in [3.05, 3.63) is 58.5 Å². The highest BCUT2D eigenvalue weighted by Gasteiger charge is 2.34. The Kier molecular flexibility index (Phi) is 5.46. The van der Waals surface area contributed by atoms with Crippen LogP contribution in [-0.4, -0.2) is 34.7 Å². The first-order chi connectivity index (χ1) is 12.5. The summed E-state index contributed by atoms with van der Waals surface area (Å²) in [6.07, 6.45) is 2.38. The molecule has 1 saturated heterocycles. The third-order valence-corrected chi connectivity index (χ3v) is 4.47. The lowest BCUT2D eigenvalue weighted by atomic mass is 10.1. The SMILES string of the molecule is Cc1ccc(N2CC(C(=O)NCCCn3ncccc3=O)CC2=O)cc1. The van der Waals surface area contributed by atoms with E-state index in [1.54, 1.807) is 17.2 Å². The zero-order valence-corrected chi connectivity index (χ0v) is 14.7. The van der Waals surface area contributed by atoms with Gasteiger partial charge in [0.2, 0.25) is 11.8 Å². The molecule has 1 atom stereocenters. The fourth-order valence-corrected chi connectivity index (χ4v) is 3.00. The summed E-state index contributed by atoms with van der Waals surface area (Å²) in [4.78, 5) is 37.8. The third kappa shape index (κ3) is 4.17. The highest BCUT2D eigenvalue weighted by atomic mass is 16.2. The zero-order valence-electron chi connectivity index (χ0n) is 14.7. The monoisotopic (exact) mass is 354 g/mol. The third-order valence-electron chi connectivity index (χ3n) is 4.47. The lowest BCUT2D eigenvalue weighted by Gasteiger charge is -2.17. The molecule has 0 spiro atoms. The van der Waals surface area contributed by atoms with Gasteiger partial charge in [-0.25, -0.2) is 4.68 Å². The molecule has 2 amide bonds. The Balaban J connectivity index is 1.48. The number of benzene rings is 1. The Hall–Kier alpha value is -2.96. The van der Waals surface area contributed by atoms with E-state index < -0.39 is 0 Å². The number of nitrogens with zero attached hydrogens (tertiary/aromatic N) is 3. The van der Waals surface area contributed by atoms with Crippen molar-refractivity contribution < 1.29 is 9.59 Å². The van der Waals surface area contributed by atoms with Gasteiger partial charge in [0.15, 0.2) is 0 Å². The summed E-state index contributed by atoms with van der Waals surface area (Å²) < 4.78 is 1.37. The lowest BCUT2D eigenvalue weighted by Crippen LogP contribution is -2.34. The zero-order chi connectivity index (χ0) is 18.5. The summed E-state index contributed by atoms with van der Waals surface area (Å²) in [5.41, 5.74) is 1.79. The molecule has 0 radical (unpaired) electrons. The summed E-state index contributed by atoms with van der Waals surface area (Å²) in [5, 5.41) is 6.83. The van der Waals surface area contributed by atoms with Crippen LogP contribution >= 0.6 is 0 Å². The Bertz CT molecular complexity index is 844. The second-order valence-electron chi connectivity index (χ2n) is 6.47. The average Bonchev–Trinajstić information content (AvgIpc) is 3.02. The molecule has 3 rings (SSSR count). The normalized spacial score (nSPS) is 16.7. The number of anilines is 1. The van der Waals surface area contributed by atoms with E-state index in [9.17, 15) is 14.4 Å². The Labute approximate surface area is 151 Å². The van der Waals surface area contributed by atoms with Gasteiger partial charge in [-0.15, -0.1) is 0 Å². The molecule has 1 N–H and O–H groups in total. The summed E-state index contributed by atoms with van der Waals surface area (Å²) in [6.45, 7) is 3.27.